The van der Waals surface area contributed by atoms with Crippen molar-refractivity contribution in [1.82, 2.24) is 10.2 Å². The Bertz CT molecular complexity index is 811. The number of rotatable bonds is 8. The molecule has 1 spiro atoms. The molecule has 1 saturated carbocycles. The van der Waals surface area contributed by atoms with E-state index in [0.29, 0.717) is 43.7 Å². The predicted octanol–water partition coefficient (Wildman–Crippen LogP) is 2.95. The third-order valence-corrected chi connectivity index (χ3v) is 5.33. The van der Waals surface area contributed by atoms with E-state index in [-0.39, 0.29) is 24.8 Å². The van der Waals surface area contributed by atoms with Crippen LogP contribution in [0.4, 0.5) is 10.5 Å². The molecule has 0 radical (unpaired) electrons. The number of hydrogen-bond donors (Lipinski definition) is 2. The van der Waals surface area contributed by atoms with Gasteiger partial charge in [0, 0.05) is 31.1 Å². The monoisotopic (exact) mass is 398 g/mol. The first-order valence-corrected chi connectivity index (χ1v) is 10.1. The lowest BCUT2D eigenvalue weighted by atomic mass is 9.82. The second-order valence-corrected chi connectivity index (χ2v) is 7.47. The zero-order valence-electron chi connectivity index (χ0n) is 16.4. The van der Waals surface area contributed by atoms with E-state index >= 15 is 0 Å². The van der Waals surface area contributed by atoms with Crippen molar-refractivity contribution < 1.29 is 19.1 Å². The SMILES string of the molecule is N#CCCCOc1cccc(NC(=O)CCN2C(=O)NC3(CCCCC3)C2=O)c1. The predicted molar refractivity (Wildman–Crippen MR) is 106 cm³/mol. The van der Waals surface area contributed by atoms with E-state index in [1.165, 1.54) is 4.90 Å². The van der Waals surface area contributed by atoms with Crippen molar-refractivity contribution in [3.05, 3.63) is 24.3 Å². The first kappa shape index (κ1) is 20.6. The molecule has 0 unspecified atom stereocenters. The lowest BCUT2D eigenvalue weighted by molar-refractivity contribution is -0.132. The van der Waals surface area contributed by atoms with Crippen LogP contribution in [-0.4, -0.2) is 41.4 Å². The number of amides is 4. The van der Waals surface area contributed by atoms with Crippen LogP contribution in [0.25, 0.3) is 0 Å². The topological polar surface area (TPSA) is 112 Å². The molecule has 1 saturated heterocycles. The van der Waals surface area contributed by atoms with E-state index < -0.39 is 11.6 Å². The Morgan fingerprint density at radius 2 is 2.07 bits per heavy atom. The Kier molecular flexibility index (Phi) is 6.70. The Balaban J connectivity index is 1.49. The van der Waals surface area contributed by atoms with Crippen molar-refractivity contribution >= 4 is 23.5 Å². The molecule has 29 heavy (non-hydrogen) atoms. The van der Waals surface area contributed by atoms with Gasteiger partial charge in [0.15, 0.2) is 0 Å². The van der Waals surface area contributed by atoms with Crippen LogP contribution in [0.3, 0.4) is 0 Å². The highest BCUT2D eigenvalue weighted by atomic mass is 16.5. The molecule has 3 rings (SSSR count). The number of nitrogens with one attached hydrogen (secondary N) is 2. The summed E-state index contributed by atoms with van der Waals surface area (Å²) in [7, 11) is 0. The number of urea groups is 1. The van der Waals surface area contributed by atoms with Crippen LogP contribution in [0.5, 0.6) is 5.75 Å². The molecule has 8 heteroatoms. The fourth-order valence-electron chi connectivity index (χ4n) is 3.82. The first-order valence-electron chi connectivity index (χ1n) is 10.1. The minimum absolute atomic E-state index is 0.0303. The van der Waals surface area contributed by atoms with Crippen molar-refractivity contribution in [2.24, 2.45) is 0 Å². The van der Waals surface area contributed by atoms with Gasteiger partial charge in [-0.3, -0.25) is 14.5 Å². The molecule has 0 bridgehead atoms. The Labute approximate surface area is 170 Å². The molecule has 1 heterocycles. The molecule has 4 amide bonds. The number of hydrogen-bond acceptors (Lipinski definition) is 5. The van der Waals surface area contributed by atoms with E-state index in [0.717, 1.165) is 19.3 Å². The fourth-order valence-corrected chi connectivity index (χ4v) is 3.82. The lowest BCUT2D eigenvalue weighted by Crippen LogP contribution is -2.48. The zero-order chi connectivity index (χ0) is 20.7. The van der Waals surface area contributed by atoms with Crippen molar-refractivity contribution in [3.63, 3.8) is 0 Å². The number of nitrogens with zero attached hydrogens (tertiary/aromatic N) is 2. The minimum Gasteiger partial charge on any atom is -0.493 e. The number of nitriles is 1. The minimum atomic E-state index is -0.761. The highest BCUT2D eigenvalue weighted by molar-refractivity contribution is 6.07. The molecular formula is C21H26N4O4. The molecular weight excluding hydrogens is 372 g/mol. The van der Waals surface area contributed by atoms with Crippen LogP contribution in [0.2, 0.25) is 0 Å². The molecule has 154 valence electrons. The number of unbranched alkanes of at least 4 members (excludes halogenated alkanes) is 1. The Morgan fingerprint density at radius 1 is 1.28 bits per heavy atom. The smallest absolute Gasteiger partial charge is 0.325 e. The van der Waals surface area contributed by atoms with Gasteiger partial charge in [-0.15, -0.1) is 0 Å². The maximum absolute atomic E-state index is 12.7. The largest absolute Gasteiger partial charge is 0.493 e. The number of carbonyl (C=O) groups excluding carboxylic acids is 3. The summed E-state index contributed by atoms with van der Waals surface area (Å²) in [6.07, 6.45) is 5.37. The van der Waals surface area contributed by atoms with Crippen LogP contribution in [-0.2, 0) is 9.59 Å². The summed E-state index contributed by atoms with van der Waals surface area (Å²) in [5, 5.41) is 14.2. The maximum atomic E-state index is 12.7. The number of imide groups is 1. The average Bonchev–Trinajstić information content (AvgIpc) is 2.93. The van der Waals surface area contributed by atoms with Crippen molar-refractivity contribution in [2.75, 3.05) is 18.5 Å². The molecule has 1 aliphatic carbocycles. The summed E-state index contributed by atoms with van der Waals surface area (Å²) in [4.78, 5) is 38.4. The Morgan fingerprint density at radius 3 is 2.83 bits per heavy atom. The van der Waals surface area contributed by atoms with E-state index in [1.807, 2.05) is 0 Å². The second-order valence-electron chi connectivity index (χ2n) is 7.47. The standard InChI is InChI=1S/C21H26N4O4/c22-12-4-5-14-29-17-8-6-7-16(15-17)23-18(26)9-13-25-19(27)21(24-20(25)28)10-2-1-3-11-21/h6-8,15H,1-5,9-11,13-14H2,(H,23,26)(H,24,28). The molecule has 1 aliphatic heterocycles. The van der Waals surface area contributed by atoms with Gasteiger partial charge in [0.1, 0.15) is 11.3 Å². The average molecular weight is 398 g/mol. The van der Waals surface area contributed by atoms with Crippen molar-refractivity contribution in [3.8, 4) is 11.8 Å². The summed E-state index contributed by atoms with van der Waals surface area (Å²) in [5.41, 5.74) is -0.183. The molecule has 2 aliphatic rings. The number of ether oxygens (including phenoxy) is 1. The summed E-state index contributed by atoms with van der Waals surface area (Å²) in [6, 6.07) is 8.64. The molecule has 2 fully saturated rings. The van der Waals surface area contributed by atoms with Crippen LogP contribution >= 0.6 is 0 Å². The molecule has 1 aromatic rings. The molecule has 1 aromatic carbocycles. The summed E-state index contributed by atoms with van der Waals surface area (Å²) >= 11 is 0. The molecule has 8 nitrogen and oxygen atoms in total. The van der Waals surface area contributed by atoms with E-state index in [1.54, 1.807) is 24.3 Å². The van der Waals surface area contributed by atoms with Gasteiger partial charge in [0.2, 0.25) is 5.91 Å². The fraction of sp³-hybridized carbons (Fsp3) is 0.524. The maximum Gasteiger partial charge on any atom is 0.325 e. The third kappa shape index (κ3) is 5.05. The first-order chi connectivity index (χ1) is 14.0. The normalized spacial score (nSPS) is 17.7. The van der Waals surface area contributed by atoms with E-state index in [9.17, 15) is 14.4 Å². The van der Waals surface area contributed by atoms with Gasteiger partial charge >= 0.3 is 6.03 Å². The lowest BCUT2D eigenvalue weighted by Gasteiger charge is -2.30. The number of benzene rings is 1. The highest BCUT2D eigenvalue weighted by Gasteiger charge is 2.51. The van der Waals surface area contributed by atoms with Gasteiger partial charge in [0.05, 0.1) is 12.7 Å². The summed E-state index contributed by atoms with van der Waals surface area (Å²) in [5.74, 6) is 0.119. The van der Waals surface area contributed by atoms with E-state index in [2.05, 4.69) is 16.7 Å². The van der Waals surface area contributed by atoms with Crippen molar-refractivity contribution in [1.29, 1.82) is 5.26 Å². The van der Waals surface area contributed by atoms with E-state index in [4.69, 9.17) is 10.00 Å². The molecule has 2 N–H and O–H groups in total. The Hall–Kier alpha value is -3.08. The second kappa shape index (κ2) is 9.41. The number of anilines is 1. The third-order valence-electron chi connectivity index (χ3n) is 5.33. The number of carbonyl (C=O) groups is 3. The molecule has 0 atom stereocenters. The van der Waals surface area contributed by atoms with Crippen LogP contribution in [0.1, 0.15) is 51.4 Å². The van der Waals surface area contributed by atoms with Gasteiger partial charge < -0.3 is 15.4 Å². The summed E-state index contributed by atoms with van der Waals surface area (Å²) < 4.78 is 5.56. The van der Waals surface area contributed by atoms with Gasteiger partial charge in [-0.05, 0) is 31.4 Å². The van der Waals surface area contributed by atoms with Gasteiger partial charge in [-0.1, -0.05) is 25.3 Å². The van der Waals surface area contributed by atoms with Crippen LogP contribution in [0, 0.1) is 11.3 Å². The molecule has 0 aromatic heterocycles. The van der Waals surface area contributed by atoms with Gasteiger partial charge in [-0.2, -0.15) is 5.26 Å². The van der Waals surface area contributed by atoms with Gasteiger partial charge in [-0.25, -0.2) is 4.79 Å². The summed E-state index contributed by atoms with van der Waals surface area (Å²) in [6.45, 7) is 0.488. The van der Waals surface area contributed by atoms with Gasteiger partial charge in [0.25, 0.3) is 5.91 Å². The zero-order valence-corrected chi connectivity index (χ0v) is 16.4. The van der Waals surface area contributed by atoms with Crippen LogP contribution < -0.4 is 15.4 Å². The van der Waals surface area contributed by atoms with Crippen LogP contribution in [0.15, 0.2) is 24.3 Å². The quantitative estimate of drug-likeness (QED) is 0.516. The van der Waals surface area contributed by atoms with Crippen molar-refractivity contribution in [2.45, 2.75) is 56.9 Å². The highest BCUT2D eigenvalue weighted by Crippen LogP contribution is 2.33.